The first-order chi connectivity index (χ1) is 15.4. The van der Waals surface area contributed by atoms with Crippen molar-refractivity contribution >= 4 is 60.5 Å². The second-order valence-electron chi connectivity index (χ2n) is 6.59. The van der Waals surface area contributed by atoms with Crippen LogP contribution in [0.25, 0.3) is 20.3 Å². The number of carbonyl (C=O) groups excluding carboxylic acids is 2. The van der Waals surface area contributed by atoms with Gasteiger partial charge in [0.2, 0.25) is 0 Å². The summed E-state index contributed by atoms with van der Waals surface area (Å²) in [4.78, 5) is 40.6. The van der Waals surface area contributed by atoms with Crippen molar-refractivity contribution < 1.29 is 24.0 Å². The number of amides is 1. The molecule has 9 nitrogen and oxygen atoms in total. The normalized spacial score (nSPS) is 11.8. The Hall–Kier alpha value is -3.57. The van der Waals surface area contributed by atoms with E-state index < -0.39 is 16.8 Å². The molecule has 0 saturated heterocycles. The zero-order valence-electron chi connectivity index (χ0n) is 17.1. The van der Waals surface area contributed by atoms with Gasteiger partial charge in [0.1, 0.15) is 17.8 Å². The molecule has 0 aliphatic rings. The number of para-hydroxylation sites is 1. The minimum atomic E-state index is -0.503. The van der Waals surface area contributed by atoms with E-state index in [1.807, 2.05) is 12.1 Å². The van der Waals surface area contributed by atoms with Gasteiger partial charge < -0.3 is 14.0 Å². The van der Waals surface area contributed by atoms with Crippen LogP contribution >= 0.6 is 22.7 Å². The quantitative estimate of drug-likeness (QED) is 0.237. The number of non-ortho nitro benzene ring substituents is 1. The molecule has 32 heavy (non-hydrogen) atoms. The fourth-order valence-electron chi connectivity index (χ4n) is 3.22. The average molecular weight is 472 g/mol. The predicted octanol–water partition coefficient (Wildman–Crippen LogP) is 4.14. The van der Waals surface area contributed by atoms with Crippen LogP contribution in [0.15, 0.2) is 47.5 Å². The molecule has 0 saturated carbocycles. The number of nitrogens with zero attached hydrogens (tertiary/aromatic N) is 3. The standard InChI is InChI=1S/C21H17N3O6S2/c1-3-30-18(25)11-23-19-14(29-2)5-4-6-16(19)32-21(23)22-20(26)17-10-12-9-13(24(27)28)7-8-15(12)31-17/h4-10H,3,11H2,1-2H3. The summed E-state index contributed by atoms with van der Waals surface area (Å²) in [5.41, 5.74) is 0.599. The summed E-state index contributed by atoms with van der Waals surface area (Å²) >= 11 is 2.45. The van der Waals surface area contributed by atoms with Crippen LogP contribution in [0.3, 0.4) is 0 Å². The van der Waals surface area contributed by atoms with Gasteiger partial charge in [-0.25, -0.2) is 0 Å². The van der Waals surface area contributed by atoms with E-state index in [0.717, 1.165) is 9.40 Å². The number of ether oxygens (including phenoxy) is 2. The van der Waals surface area contributed by atoms with Gasteiger partial charge in [0.05, 0.1) is 28.2 Å². The third-order valence-electron chi connectivity index (χ3n) is 4.60. The largest absolute Gasteiger partial charge is 0.495 e. The molecule has 0 atom stereocenters. The number of fused-ring (bicyclic) bond motifs is 2. The van der Waals surface area contributed by atoms with Crippen molar-refractivity contribution in [3.8, 4) is 5.75 Å². The van der Waals surface area contributed by atoms with Gasteiger partial charge >= 0.3 is 5.97 Å². The second kappa shape index (κ2) is 8.89. The number of aromatic nitrogens is 1. The first-order valence-electron chi connectivity index (χ1n) is 9.50. The highest BCUT2D eigenvalue weighted by Crippen LogP contribution is 2.30. The van der Waals surface area contributed by atoms with Crippen LogP contribution in [-0.2, 0) is 16.1 Å². The molecule has 0 radical (unpaired) electrons. The number of thiazole rings is 1. The molecule has 2 aromatic carbocycles. The highest BCUT2D eigenvalue weighted by atomic mass is 32.1. The fraction of sp³-hybridized carbons (Fsp3) is 0.190. The van der Waals surface area contributed by atoms with E-state index in [4.69, 9.17) is 9.47 Å². The Bertz CT molecular complexity index is 1430. The minimum absolute atomic E-state index is 0.0462. The van der Waals surface area contributed by atoms with Gasteiger partial charge in [0, 0.05) is 22.2 Å². The second-order valence-corrected chi connectivity index (χ2v) is 8.68. The number of nitro benzene ring substituents is 1. The van der Waals surface area contributed by atoms with Crippen molar-refractivity contribution in [3.63, 3.8) is 0 Å². The summed E-state index contributed by atoms with van der Waals surface area (Å²) in [6.07, 6.45) is 0. The molecule has 0 fully saturated rings. The molecule has 4 aromatic rings. The predicted molar refractivity (Wildman–Crippen MR) is 121 cm³/mol. The highest BCUT2D eigenvalue weighted by molar-refractivity contribution is 7.21. The lowest BCUT2D eigenvalue weighted by Crippen LogP contribution is -2.23. The Morgan fingerprint density at radius 1 is 1.16 bits per heavy atom. The molecule has 0 spiro atoms. The topological polar surface area (TPSA) is 113 Å². The number of carbonyl (C=O) groups is 2. The molecule has 0 aliphatic carbocycles. The average Bonchev–Trinajstić information content (AvgIpc) is 3.35. The molecule has 1 amide bonds. The summed E-state index contributed by atoms with van der Waals surface area (Å²) in [5.74, 6) is -0.413. The molecule has 0 N–H and O–H groups in total. The van der Waals surface area contributed by atoms with Gasteiger partial charge in [-0.2, -0.15) is 4.99 Å². The van der Waals surface area contributed by atoms with Crippen LogP contribution in [0, 0.1) is 10.1 Å². The van der Waals surface area contributed by atoms with Gasteiger partial charge in [-0.05, 0) is 31.2 Å². The van der Waals surface area contributed by atoms with Crippen LogP contribution in [-0.4, -0.2) is 35.1 Å². The third-order valence-corrected chi connectivity index (χ3v) is 6.74. The van der Waals surface area contributed by atoms with E-state index in [0.29, 0.717) is 26.3 Å². The lowest BCUT2D eigenvalue weighted by Gasteiger charge is -2.08. The molecule has 164 valence electrons. The maximum atomic E-state index is 13.0. The van der Waals surface area contributed by atoms with Gasteiger partial charge in [0.25, 0.3) is 11.6 Å². The molecule has 2 heterocycles. The first-order valence-corrected chi connectivity index (χ1v) is 11.1. The number of hydrogen-bond acceptors (Lipinski definition) is 8. The van der Waals surface area contributed by atoms with E-state index in [1.54, 1.807) is 29.7 Å². The lowest BCUT2D eigenvalue weighted by atomic mass is 10.2. The van der Waals surface area contributed by atoms with Crippen molar-refractivity contribution in [2.24, 2.45) is 4.99 Å². The van der Waals surface area contributed by atoms with E-state index in [2.05, 4.69) is 4.99 Å². The number of rotatable bonds is 6. The van der Waals surface area contributed by atoms with E-state index in [9.17, 15) is 19.7 Å². The molecule has 11 heteroatoms. The molecule has 4 rings (SSSR count). The fourth-order valence-corrected chi connectivity index (χ4v) is 5.19. The smallest absolute Gasteiger partial charge is 0.326 e. The Morgan fingerprint density at radius 2 is 1.97 bits per heavy atom. The van der Waals surface area contributed by atoms with E-state index in [1.165, 1.54) is 41.9 Å². The third kappa shape index (κ3) is 4.12. The summed E-state index contributed by atoms with van der Waals surface area (Å²) < 4.78 is 13.7. The monoisotopic (exact) mass is 471 g/mol. The Morgan fingerprint density at radius 3 is 2.69 bits per heavy atom. The van der Waals surface area contributed by atoms with E-state index >= 15 is 0 Å². The molecular formula is C21H17N3O6S2. The van der Waals surface area contributed by atoms with Gasteiger partial charge in [0.15, 0.2) is 4.80 Å². The SMILES string of the molecule is CCOC(=O)Cn1c(=NC(=O)c2cc3cc([N+](=O)[O-])ccc3s2)sc2cccc(OC)c21. The number of methoxy groups -OCH3 is 1. The van der Waals surface area contributed by atoms with Crippen LogP contribution in [0.4, 0.5) is 5.69 Å². The maximum absolute atomic E-state index is 13.0. The summed E-state index contributed by atoms with van der Waals surface area (Å²) in [6, 6.07) is 11.5. The van der Waals surface area contributed by atoms with Gasteiger partial charge in [-0.15, -0.1) is 11.3 Å². The minimum Gasteiger partial charge on any atom is -0.495 e. The number of thiophene rings is 1. The molecule has 0 unspecified atom stereocenters. The van der Waals surface area contributed by atoms with Crippen molar-refractivity contribution in [1.29, 1.82) is 0 Å². The van der Waals surface area contributed by atoms with Crippen molar-refractivity contribution in [3.05, 3.63) is 62.3 Å². The van der Waals surface area contributed by atoms with Crippen molar-refractivity contribution in [2.45, 2.75) is 13.5 Å². The maximum Gasteiger partial charge on any atom is 0.326 e. The van der Waals surface area contributed by atoms with Crippen molar-refractivity contribution in [2.75, 3.05) is 13.7 Å². The van der Waals surface area contributed by atoms with E-state index in [-0.39, 0.29) is 18.8 Å². The van der Waals surface area contributed by atoms with Crippen LogP contribution < -0.4 is 9.54 Å². The van der Waals surface area contributed by atoms with Crippen molar-refractivity contribution in [1.82, 2.24) is 4.57 Å². The van der Waals surface area contributed by atoms with Crippen LogP contribution in [0.1, 0.15) is 16.6 Å². The number of esters is 1. The van der Waals surface area contributed by atoms with Crippen LogP contribution in [0.5, 0.6) is 5.75 Å². The molecule has 0 bridgehead atoms. The molecular weight excluding hydrogens is 454 g/mol. The first kappa shape index (κ1) is 21.7. The number of benzene rings is 2. The molecule has 0 aliphatic heterocycles. The Kier molecular flexibility index (Phi) is 6.01. The van der Waals surface area contributed by atoms with Crippen LogP contribution in [0.2, 0.25) is 0 Å². The Balaban J connectivity index is 1.82. The zero-order valence-corrected chi connectivity index (χ0v) is 18.7. The summed E-state index contributed by atoms with van der Waals surface area (Å²) in [7, 11) is 1.53. The van der Waals surface area contributed by atoms with Gasteiger partial charge in [-0.3, -0.25) is 19.7 Å². The summed E-state index contributed by atoms with van der Waals surface area (Å²) in [6.45, 7) is 1.83. The van der Waals surface area contributed by atoms with Gasteiger partial charge in [-0.1, -0.05) is 17.4 Å². The summed E-state index contributed by atoms with van der Waals surface area (Å²) in [5, 5.41) is 11.6. The number of nitro groups is 1. The Labute approximate surface area is 189 Å². The molecule has 2 aromatic heterocycles. The lowest BCUT2D eigenvalue weighted by molar-refractivity contribution is -0.384. The number of hydrogen-bond donors (Lipinski definition) is 0. The highest BCUT2D eigenvalue weighted by Gasteiger charge is 2.17. The zero-order chi connectivity index (χ0) is 22.8.